The van der Waals surface area contributed by atoms with Crippen molar-refractivity contribution in [1.82, 2.24) is 0 Å². The van der Waals surface area contributed by atoms with E-state index in [2.05, 4.69) is 5.32 Å². The second-order valence-electron chi connectivity index (χ2n) is 5.85. The van der Waals surface area contributed by atoms with Crippen LogP contribution in [0.4, 0.5) is 5.69 Å². The van der Waals surface area contributed by atoms with Crippen LogP contribution in [0.1, 0.15) is 15.9 Å². The molecule has 0 saturated carbocycles. The lowest BCUT2D eigenvalue weighted by molar-refractivity contribution is 0.102. The van der Waals surface area contributed by atoms with Crippen molar-refractivity contribution < 1.29 is 14.3 Å². The number of anilines is 1. The maximum absolute atomic E-state index is 12.6. The van der Waals surface area contributed by atoms with E-state index in [9.17, 15) is 4.79 Å². The molecule has 0 unspecified atom stereocenters. The maximum atomic E-state index is 12.6. The van der Waals surface area contributed by atoms with Gasteiger partial charge in [-0.3, -0.25) is 4.79 Å². The number of hydrogen-bond acceptors (Lipinski definition) is 3. The van der Waals surface area contributed by atoms with E-state index in [0.717, 1.165) is 5.56 Å². The molecule has 0 heterocycles. The lowest BCUT2D eigenvalue weighted by atomic mass is 10.1. The van der Waals surface area contributed by atoms with Gasteiger partial charge in [-0.15, -0.1) is 0 Å². The fourth-order valence-electron chi connectivity index (χ4n) is 2.51. The normalized spacial score (nSPS) is 10.4. The van der Waals surface area contributed by atoms with E-state index in [1.165, 1.54) is 0 Å². The quantitative estimate of drug-likeness (QED) is 0.480. The SMILES string of the molecule is COc1ccc(C(=O)Nc2ccc(Cl)cc2Cl)cc1COc1ccc(Cl)cc1. The van der Waals surface area contributed by atoms with Gasteiger partial charge in [-0.2, -0.15) is 0 Å². The fourth-order valence-corrected chi connectivity index (χ4v) is 3.09. The summed E-state index contributed by atoms with van der Waals surface area (Å²) >= 11 is 17.9. The Morgan fingerprint density at radius 3 is 2.32 bits per heavy atom. The van der Waals surface area contributed by atoms with Crippen molar-refractivity contribution in [2.75, 3.05) is 12.4 Å². The Morgan fingerprint density at radius 1 is 0.929 bits per heavy atom. The molecule has 0 bridgehead atoms. The minimum atomic E-state index is -0.306. The average Bonchev–Trinajstić information content (AvgIpc) is 2.69. The topological polar surface area (TPSA) is 47.6 Å². The summed E-state index contributed by atoms with van der Waals surface area (Å²) in [5.74, 6) is 0.976. The van der Waals surface area contributed by atoms with Crippen molar-refractivity contribution in [3.05, 3.63) is 86.9 Å². The molecule has 1 amide bonds. The van der Waals surface area contributed by atoms with Gasteiger partial charge < -0.3 is 14.8 Å². The van der Waals surface area contributed by atoms with Gasteiger partial charge in [0.05, 0.1) is 17.8 Å². The first-order chi connectivity index (χ1) is 13.5. The van der Waals surface area contributed by atoms with Gasteiger partial charge in [0.2, 0.25) is 0 Å². The third kappa shape index (κ3) is 5.10. The summed E-state index contributed by atoms with van der Waals surface area (Å²) in [6.07, 6.45) is 0. The molecule has 7 heteroatoms. The first-order valence-electron chi connectivity index (χ1n) is 8.28. The largest absolute Gasteiger partial charge is 0.496 e. The zero-order valence-corrected chi connectivity index (χ0v) is 17.1. The van der Waals surface area contributed by atoms with Gasteiger partial charge in [-0.25, -0.2) is 0 Å². The Hall–Kier alpha value is -2.40. The number of nitrogens with one attached hydrogen (secondary N) is 1. The average molecular weight is 437 g/mol. The molecular formula is C21H16Cl3NO3. The monoisotopic (exact) mass is 435 g/mol. The summed E-state index contributed by atoms with van der Waals surface area (Å²) in [5.41, 5.74) is 1.65. The van der Waals surface area contributed by atoms with Gasteiger partial charge in [0.1, 0.15) is 18.1 Å². The van der Waals surface area contributed by atoms with E-state index < -0.39 is 0 Å². The van der Waals surface area contributed by atoms with Crippen molar-refractivity contribution in [1.29, 1.82) is 0 Å². The van der Waals surface area contributed by atoms with Crippen LogP contribution in [-0.2, 0) is 6.61 Å². The number of benzene rings is 3. The summed E-state index contributed by atoms with van der Waals surface area (Å²) in [5, 5.41) is 4.26. The molecule has 3 aromatic rings. The number of amides is 1. The molecular weight excluding hydrogens is 421 g/mol. The van der Waals surface area contributed by atoms with Crippen molar-refractivity contribution >= 4 is 46.4 Å². The first-order valence-corrected chi connectivity index (χ1v) is 9.41. The van der Waals surface area contributed by atoms with E-state index in [1.54, 1.807) is 67.8 Å². The van der Waals surface area contributed by atoms with E-state index >= 15 is 0 Å². The molecule has 28 heavy (non-hydrogen) atoms. The molecule has 1 N–H and O–H groups in total. The zero-order valence-electron chi connectivity index (χ0n) is 14.8. The van der Waals surface area contributed by atoms with Crippen molar-refractivity contribution in [2.24, 2.45) is 0 Å². The predicted octanol–water partition coefficient (Wildman–Crippen LogP) is 6.49. The second-order valence-corrected chi connectivity index (χ2v) is 7.13. The lowest BCUT2D eigenvalue weighted by Crippen LogP contribution is -2.13. The van der Waals surface area contributed by atoms with E-state index in [-0.39, 0.29) is 12.5 Å². The molecule has 0 aliphatic carbocycles. The van der Waals surface area contributed by atoms with Crippen LogP contribution >= 0.6 is 34.8 Å². The molecule has 0 spiro atoms. The highest BCUT2D eigenvalue weighted by Gasteiger charge is 2.13. The summed E-state index contributed by atoms with van der Waals surface area (Å²) in [6.45, 7) is 0.230. The molecule has 0 aliphatic heterocycles. The third-order valence-electron chi connectivity index (χ3n) is 3.93. The van der Waals surface area contributed by atoms with Crippen molar-refractivity contribution in [3.8, 4) is 11.5 Å². The zero-order chi connectivity index (χ0) is 20.1. The highest BCUT2D eigenvalue weighted by molar-refractivity contribution is 6.36. The van der Waals surface area contributed by atoms with Crippen LogP contribution in [0.15, 0.2) is 60.7 Å². The number of carbonyl (C=O) groups is 1. The smallest absolute Gasteiger partial charge is 0.255 e. The van der Waals surface area contributed by atoms with Crippen LogP contribution in [0.3, 0.4) is 0 Å². The van der Waals surface area contributed by atoms with Crippen LogP contribution < -0.4 is 14.8 Å². The summed E-state index contributed by atoms with van der Waals surface area (Å²) in [4.78, 5) is 12.6. The number of methoxy groups -OCH3 is 1. The highest BCUT2D eigenvalue weighted by Crippen LogP contribution is 2.27. The van der Waals surface area contributed by atoms with Gasteiger partial charge >= 0.3 is 0 Å². The summed E-state index contributed by atoms with van der Waals surface area (Å²) in [7, 11) is 1.56. The summed E-state index contributed by atoms with van der Waals surface area (Å²) in [6, 6.07) is 17.0. The van der Waals surface area contributed by atoms with E-state index in [1.807, 2.05) is 0 Å². The number of ether oxygens (including phenoxy) is 2. The van der Waals surface area contributed by atoms with Gasteiger partial charge in [0.25, 0.3) is 5.91 Å². The Balaban J connectivity index is 1.77. The minimum absolute atomic E-state index is 0.230. The Kier molecular flexibility index (Phi) is 6.68. The highest BCUT2D eigenvalue weighted by atomic mass is 35.5. The van der Waals surface area contributed by atoms with Crippen LogP contribution in [0.5, 0.6) is 11.5 Å². The first kappa shape index (κ1) is 20.3. The molecule has 0 aliphatic rings. The molecule has 0 atom stereocenters. The molecule has 3 rings (SSSR count). The van der Waals surface area contributed by atoms with E-state index in [0.29, 0.717) is 37.8 Å². The van der Waals surface area contributed by atoms with Crippen LogP contribution in [-0.4, -0.2) is 13.0 Å². The molecule has 0 radical (unpaired) electrons. The molecule has 4 nitrogen and oxygen atoms in total. The van der Waals surface area contributed by atoms with Crippen LogP contribution in [0.2, 0.25) is 15.1 Å². The standard InChI is InChI=1S/C21H16Cl3NO3/c1-27-20-9-2-13(21(26)25-19-8-5-16(23)11-18(19)24)10-14(20)12-28-17-6-3-15(22)4-7-17/h2-11H,12H2,1H3,(H,25,26). The molecule has 0 fully saturated rings. The predicted molar refractivity (Wildman–Crippen MR) is 113 cm³/mol. The van der Waals surface area contributed by atoms with Gasteiger partial charge in [-0.05, 0) is 60.7 Å². The molecule has 0 saturated heterocycles. The lowest BCUT2D eigenvalue weighted by Gasteiger charge is -2.13. The Bertz CT molecular complexity index is 991. The minimum Gasteiger partial charge on any atom is -0.496 e. The molecule has 3 aromatic carbocycles. The second kappa shape index (κ2) is 9.20. The van der Waals surface area contributed by atoms with Crippen LogP contribution in [0, 0.1) is 0 Å². The Labute approximate surface area is 177 Å². The third-order valence-corrected chi connectivity index (χ3v) is 4.73. The van der Waals surface area contributed by atoms with Gasteiger partial charge in [-0.1, -0.05) is 34.8 Å². The number of halogens is 3. The van der Waals surface area contributed by atoms with Crippen molar-refractivity contribution in [3.63, 3.8) is 0 Å². The molecule has 144 valence electrons. The van der Waals surface area contributed by atoms with Crippen molar-refractivity contribution in [2.45, 2.75) is 6.61 Å². The number of hydrogen-bond donors (Lipinski definition) is 1. The van der Waals surface area contributed by atoms with Gasteiger partial charge in [0, 0.05) is 21.2 Å². The summed E-state index contributed by atoms with van der Waals surface area (Å²) < 4.78 is 11.1. The number of carbonyl (C=O) groups excluding carboxylic acids is 1. The van der Waals surface area contributed by atoms with E-state index in [4.69, 9.17) is 44.3 Å². The maximum Gasteiger partial charge on any atom is 0.255 e. The van der Waals surface area contributed by atoms with Crippen LogP contribution in [0.25, 0.3) is 0 Å². The van der Waals surface area contributed by atoms with Gasteiger partial charge in [0.15, 0.2) is 0 Å². The Morgan fingerprint density at radius 2 is 1.64 bits per heavy atom. The fraction of sp³-hybridized carbons (Fsp3) is 0.0952. The molecule has 0 aromatic heterocycles. The number of rotatable bonds is 6.